The standard InChI is InChI=1S/C20H26N6O/c1-27-17(20(21)13-7-8-13)10-19-23-12-16(26-19)15-5-2-6-18(25-15)24-14-4-3-9-22-11-14/h2,5-6,10,12-14,21-22H,3-4,7-9,11H2,1H3,(H,23,26)(H,24,25)/b17-10+,21-20?/t14-/m1/s1. The molecule has 142 valence electrons. The third-order valence-electron chi connectivity index (χ3n) is 5.01. The topological polar surface area (TPSA) is 98.7 Å². The first kappa shape index (κ1) is 17.7. The van der Waals surface area contributed by atoms with Crippen LogP contribution in [0.3, 0.4) is 0 Å². The molecule has 0 radical (unpaired) electrons. The number of rotatable bonds is 7. The second-order valence-electron chi connectivity index (χ2n) is 7.18. The van der Waals surface area contributed by atoms with Crippen molar-refractivity contribution in [1.82, 2.24) is 20.3 Å². The smallest absolute Gasteiger partial charge is 0.143 e. The number of hydrogen-bond donors (Lipinski definition) is 4. The van der Waals surface area contributed by atoms with Gasteiger partial charge in [0.05, 0.1) is 30.4 Å². The maximum Gasteiger partial charge on any atom is 0.143 e. The van der Waals surface area contributed by atoms with Gasteiger partial charge in [0.2, 0.25) is 0 Å². The number of aromatic amines is 1. The molecular weight excluding hydrogens is 340 g/mol. The van der Waals surface area contributed by atoms with E-state index in [9.17, 15) is 0 Å². The normalized spacial score (nSPS) is 20.3. The Balaban J connectivity index is 1.49. The fraction of sp³-hybridized carbons (Fsp3) is 0.450. The Morgan fingerprint density at radius 2 is 2.22 bits per heavy atom. The fourth-order valence-electron chi connectivity index (χ4n) is 3.33. The molecule has 0 unspecified atom stereocenters. The van der Waals surface area contributed by atoms with Gasteiger partial charge >= 0.3 is 0 Å². The van der Waals surface area contributed by atoms with E-state index < -0.39 is 0 Å². The molecule has 1 atom stereocenters. The van der Waals surface area contributed by atoms with E-state index in [4.69, 9.17) is 15.1 Å². The molecule has 2 aromatic rings. The second kappa shape index (κ2) is 7.92. The van der Waals surface area contributed by atoms with Gasteiger partial charge in [0.25, 0.3) is 0 Å². The first-order chi connectivity index (χ1) is 13.2. The lowest BCUT2D eigenvalue weighted by Gasteiger charge is -2.24. The highest BCUT2D eigenvalue weighted by molar-refractivity contribution is 6.02. The summed E-state index contributed by atoms with van der Waals surface area (Å²) in [4.78, 5) is 12.4. The fourth-order valence-corrected chi connectivity index (χ4v) is 3.33. The summed E-state index contributed by atoms with van der Waals surface area (Å²) >= 11 is 0. The maximum absolute atomic E-state index is 8.17. The molecule has 2 aliphatic rings. The van der Waals surface area contributed by atoms with Gasteiger partial charge in [-0.1, -0.05) is 6.07 Å². The number of hydrogen-bond acceptors (Lipinski definition) is 6. The van der Waals surface area contributed by atoms with Crippen molar-refractivity contribution in [1.29, 1.82) is 5.41 Å². The van der Waals surface area contributed by atoms with Crippen molar-refractivity contribution in [3.8, 4) is 11.4 Å². The number of nitrogens with zero attached hydrogens (tertiary/aromatic N) is 2. The molecule has 7 heteroatoms. The summed E-state index contributed by atoms with van der Waals surface area (Å²) in [5.74, 6) is 2.46. The van der Waals surface area contributed by atoms with E-state index in [1.54, 1.807) is 19.4 Å². The average molecular weight is 366 g/mol. The van der Waals surface area contributed by atoms with Crippen molar-refractivity contribution < 1.29 is 4.74 Å². The summed E-state index contributed by atoms with van der Waals surface area (Å²) < 4.78 is 5.38. The van der Waals surface area contributed by atoms with Crippen LogP contribution in [0.25, 0.3) is 17.5 Å². The molecule has 4 rings (SSSR count). The van der Waals surface area contributed by atoms with Crippen molar-refractivity contribution in [3.63, 3.8) is 0 Å². The number of ether oxygens (including phenoxy) is 1. The zero-order valence-electron chi connectivity index (χ0n) is 15.6. The Morgan fingerprint density at radius 3 is 2.96 bits per heavy atom. The molecule has 1 saturated heterocycles. The summed E-state index contributed by atoms with van der Waals surface area (Å²) in [6, 6.07) is 6.38. The van der Waals surface area contributed by atoms with Crippen molar-refractivity contribution in [3.05, 3.63) is 36.0 Å². The van der Waals surface area contributed by atoms with E-state index >= 15 is 0 Å². The molecule has 4 N–H and O–H groups in total. The van der Waals surface area contributed by atoms with Crippen LogP contribution in [-0.4, -0.2) is 46.9 Å². The van der Waals surface area contributed by atoms with Crippen molar-refractivity contribution >= 4 is 17.6 Å². The summed E-state index contributed by atoms with van der Waals surface area (Å²) in [7, 11) is 1.60. The molecule has 1 aliphatic carbocycles. The van der Waals surface area contributed by atoms with Crippen LogP contribution in [0.2, 0.25) is 0 Å². The summed E-state index contributed by atoms with van der Waals surface area (Å²) in [5.41, 5.74) is 2.24. The van der Waals surface area contributed by atoms with Gasteiger partial charge in [-0.2, -0.15) is 0 Å². The Bertz CT molecular complexity index is 833. The third kappa shape index (κ3) is 4.36. The second-order valence-corrected chi connectivity index (χ2v) is 7.18. The lowest BCUT2D eigenvalue weighted by molar-refractivity contribution is 0.316. The SMILES string of the molecule is CO/C(=C/c1ncc(-c2cccc(N[C@@H]3CCCNC3)n2)[nH]1)C(=N)C1CC1. The van der Waals surface area contributed by atoms with E-state index in [2.05, 4.69) is 20.6 Å². The molecule has 0 aromatic carbocycles. The molecule has 3 heterocycles. The largest absolute Gasteiger partial charge is 0.495 e. The summed E-state index contributed by atoms with van der Waals surface area (Å²) in [5, 5.41) is 15.1. The Morgan fingerprint density at radius 1 is 1.33 bits per heavy atom. The minimum Gasteiger partial charge on any atom is -0.495 e. The highest BCUT2D eigenvalue weighted by Gasteiger charge is 2.29. The number of H-pyrrole nitrogens is 1. The van der Waals surface area contributed by atoms with Crippen molar-refractivity contribution in [2.45, 2.75) is 31.7 Å². The van der Waals surface area contributed by atoms with E-state index in [0.717, 1.165) is 49.6 Å². The van der Waals surface area contributed by atoms with Gasteiger partial charge in [-0.25, -0.2) is 9.97 Å². The number of methoxy groups -OCH3 is 1. The average Bonchev–Trinajstić information content (AvgIpc) is 3.45. The van der Waals surface area contributed by atoms with Gasteiger partial charge in [0.1, 0.15) is 17.4 Å². The Labute approximate surface area is 159 Å². The number of piperidine rings is 1. The number of imidazole rings is 1. The minimum absolute atomic E-state index is 0.337. The van der Waals surface area contributed by atoms with Crippen molar-refractivity contribution in [2.75, 3.05) is 25.5 Å². The molecular formula is C20H26N6O. The van der Waals surface area contributed by atoms with Gasteiger partial charge in [0.15, 0.2) is 0 Å². The van der Waals surface area contributed by atoms with Gasteiger partial charge < -0.3 is 25.8 Å². The molecule has 0 bridgehead atoms. The number of allylic oxidation sites excluding steroid dienone is 1. The van der Waals surface area contributed by atoms with E-state index in [0.29, 0.717) is 29.3 Å². The lowest BCUT2D eigenvalue weighted by Crippen LogP contribution is -2.38. The monoisotopic (exact) mass is 366 g/mol. The van der Waals surface area contributed by atoms with Crippen LogP contribution in [-0.2, 0) is 4.74 Å². The van der Waals surface area contributed by atoms with Gasteiger partial charge in [-0.3, -0.25) is 0 Å². The first-order valence-electron chi connectivity index (χ1n) is 9.57. The zero-order valence-corrected chi connectivity index (χ0v) is 15.6. The van der Waals surface area contributed by atoms with Crippen LogP contribution in [0.4, 0.5) is 5.82 Å². The van der Waals surface area contributed by atoms with Crippen LogP contribution in [0.1, 0.15) is 31.5 Å². The van der Waals surface area contributed by atoms with Gasteiger partial charge in [0, 0.05) is 24.6 Å². The molecule has 0 amide bonds. The van der Waals surface area contributed by atoms with Crippen LogP contribution in [0.5, 0.6) is 0 Å². The zero-order chi connectivity index (χ0) is 18.6. The quantitative estimate of drug-likeness (QED) is 0.446. The molecule has 1 aliphatic heterocycles. The predicted octanol–water partition coefficient (Wildman–Crippen LogP) is 3.05. The van der Waals surface area contributed by atoms with E-state index in [1.807, 2.05) is 18.2 Å². The molecule has 2 fully saturated rings. The third-order valence-corrected chi connectivity index (χ3v) is 5.01. The highest BCUT2D eigenvalue weighted by Crippen LogP contribution is 2.33. The molecule has 27 heavy (non-hydrogen) atoms. The predicted molar refractivity (Wildman–Crippen MR) is 107 cm³/mol. The molecule has 2 aromatic heterocycles. The van der Waals surface area contributed by atoms with Crippen molar-refractivity contribution in [2.24, 2.45) is 5.92 Å². The number of pyridine rings is 1. The summed E-state index contributed by atoms with van der Waals surface area (Å²) in [6.07, 6.45) is 8.05. The van der Waals surface area contributed by atoms with E-state index in [1.165, 1.54) is 6.42 Å². The number of nitrogens with one attached hydrogen (secondary N) is 4. The minimum atomic E-state index is 0.337. The lowest BCUT2D eigenvalue weighted by atomic mass is 10.1. The Kier molecular flexibility index (Phi) is 5.20. The highest BCUT2D eigenvalue weighted by atomic mass is 16.5. The number of anilines is 1. The van der Waals surface area contributed by atoms with Crippen LogP contribution in [0.15, 0.2) is 30.2 Å². The Hall–Kier alpha value is -2.67. The first-order valence-corrected chi connectivity index (χ1v) is 9.57. The maximum atomic E-state index is 8.17. The van der Waals surface area contributed by atoms with Crippen LogP contribution >= 0.6 is 0 Å². The molecule has 1 saturated carbocycles. The van der Waals surface area contributed by atoms with E-state index in [-0.39, 0.29) is 0 Å². The van der Waals surface area contributed by atoms with Crippen LogP contribution < -0.4 is 10.6 Å². The van der Waals surface area contributed by atoms with Gasteiger partial charge in [-0.05, 0) is 44.4 Å². The summed E-state index contributed by atoms with van der Waals surface area (Å²) in [6.45, 7) is 2.06. The van der Waals surface area contributed by atoms with Gasteiger partial charge in [-0.15, -0.1) is 0 Å². The van der Waals surface area contributed by atoms with Crippen LogP contribution in [0, 0.1) is 11.3 Å². The number of aromatic nitrogens is 3. The molecule has 0 spiro atoms. The molecule has 7 nitrogen and oxygen atoms in total.